The molecule has 1 aliphatic rings. The minimum Gasteiger partial charge on any atom is -0.377 e. The number of benzene rings is 2. The summed E-state index contributed by atoms with van der Waals surface area (Å²) in [7, 11) is 4.21. The molecule has 182 valence electrons. The summed E-state index contributed by atoms with van der Waals surface area (Å²) in [5.74, 6) is 1.83. The van der Waals surface area contributed by atoms with Crippen molar-refractivity contribution in [2.24, 2.45) is 5.92 Å². The van der Waals surface area contributed by atoms with Crippen molar-refractivity contribution in [2.45, 2.75) is 63.8 Å². The second-order valence-electron chi connectivity index (χ2n) is 10.2. The lowest BCUT2D eigenvalue weighted by Crippen LogP contribution is -2.31. The summed E-state index contributed by atoms with van der Waals surface area (Å²) in [6.45, 7) is 2.34. The fourth-order valence-corrected chi connectivity index (χ4v) is 5.20. The van der Waals surface area contributed by atoms with Crippen molar-refractivity contribution in [3.8, 4) is 0 Å². The minimum absolute atomic E-state index is 0.532. The van der Waals surface area contributed by atoms with Crippen molar-refractivity contribution >= 4 is 22.4 Å². The van der Waals surface area contributed by atoms with Crippen LogP contribution < -0.4 is 15.5 Å². The van der Waals surface area contributed by atoms with E-state index in [4.69, 9.17) is 4.98 Å². The molecule has 1 aromatic heterocycles. The standard InChI is InChI=1S/C30H42N4/c1-34(2)29-22-30(33-28-16-10-9-15-27(28)29)32-26-19-17-25(18-20-26)23-31-21-11-4-3-6-12-24-13-7-5-8-14-24/h5,7-10,13-16,22,25-26,31H,3-4,6,11-12,17-21,23H2,1-2H3,(H,32,33). The zero-order valence-electron chi connectivity index (χ0n) is 21.1. The van der Waals surface area contributed by atoms with Gasteiger partial charge in [-0.1, -0.05) is 61.4 Å². The number of nitrogens with one attached hydrogen (secondary N) is 2. The first-order valence-electron chi connectivity index (χ1n) is 13.3. The molecule has 0 bridgehead atoms. The van der Waals surface area contributed by atoms with E-state index in [9.17, 15) is 0 Å². The Morgan fingerprint density at radius 2 is 1.59 bits per heavy atom. The monoisotopic (exact) mass is 458 g/mol. The summed E-state index contributed by atoms with van der Waals surface area (Å²) >= 11 is 0. The van der Waals surface area contributed by atoms with Crippen LogP contribution in [0, 0.1) is 5.92 Å². The topological polar surface area (TPSA) is 40.2 Å². The predicted octanol–water partition coefficient (Wildman–Crippen LogP) is 6.66. The lowest BCUT2D eigenvalue weighted by molar-refractivity contribution is 0.324. The van der Waals surface area contributed by atoms with Crippen LogP contribution in [0.25, 0.3) is 10.9 Å². The number of hydrogen-bond acceptors (Lipinski definition) is 4. The van der Waals surface area contributed by atoms with Crippen LogP contribution in [-0.4, -0.2) is 38.2 Å². The van der Waals surface area contributed by atoms with Crippen LogP contribution in [-0.2, 0) is 6.42 Å². The van der Waals surface area contributed by atoms with Gasteiger partial charge in [0, 0.05) is 37.3 Å². The molecule has 1 heterocycles. The van der Waals surface area contributed by atoms with E-state index >= 15 is 0 Å². The van der Waals surface area contributed by atoms with Crippen molar-refractivity contribution in [2.75, 3.05) is 37.4 Å². The van der Waals surface area contributed by atoms with Crippen LogP contribution in [0.3, 0.4) is 0 Å². The molecule has 4 rings (SSSR count). The van der Waals surface area contributed by atoms with Gasteiger partial charge >= 0.3 is 0 Å². The first-order chi connectivity index (χ1) is 16.7. The summed E-state index contributed by atoms with van der Waals surface area (Å²) in [6.07, 6.45) is 11.6. The van der Waals surface area contributed by atoms with Gasteiger partial charge in [0.15, 0.2) is 0 Å². The molecule has 0 saturated heterocycles. The Morgan fingerprint density at radius 1 is 0.853 bits per heavy atom. The third-order valence-corrected chi connectivity index (χ3v) is 7.22. The van der Waals surface area contributed by atoms with Crippen molar-refractivity contribution in [3.05, 3.63) is 66.2 Å². The Kier molecular flexibility index (Phi) is 9.20. The van der Waals surface area contributed by atoms with E-state index in [1.54, 1.807) is 0 Å². The van der Waals surface area contributed by atoms with Crippen LogP contribution >= 0.6 is 0 Å². The molecule has 4 heteroatoms. The predicted molar refractivity (Wildman–Crippen MR) is 147 cm³/mol. The lowest BCUT2D eigenvalue weighted by Gasteiger charge is -2.30. The molecule has 2 aromatic carbocycles. The first-order valence-corrected chi connectivity index (χ1v) is 13.3. The van der Waals surface area contributed by atoms with E-state index in [1.165, 1.54) is 81.0 Å². The van der Waals surface area contributed by atoms with Crippen LogP contribution in [0.5, 0.6) is 0 Å². The molecule has 0 amide bonds. The van der Waals surface area contributed by atoms with Crippen LogP contribution in [0.1, 0.15) is 56.9 Å². The Bertz CT molecular complexity index is 993. The Morgan fingerprint density at radius 3 is 2.38 bits per heavy atom. The Balaban J connectivity index is 1.11. The number of pyridine rings is 1. The number of fused-ring (bicyclic) bond motifs is 1. The molecule has 4 nitrogen and oxygen atoms in total. The SMILES string of the molecule is CN(C)c1cc(NC2CCC(CNCCCCCCc3ccccc3)CC2)nc2ccccc12. The number of anilines is 2. The average Bonchev–Trinajstić information content (AvgIpc) is 2.86. The Hall–Kier alpha value is -2.59. The van der Waals surface area contributed by atoms with E-state index in [1.807, 2.05) is 0 Å². The summed E-state index contributed by atoms with van der Waals surface area (Å²) < 4.78 is 0. The third-order valence-electron chi connectivity index (χ3n) is 7.22. The highest BCUT2D eigenvalue weighted by Crippen LogP contribution is 2.30. The van der Waals surface area contributed by atoms with Gasteiger partial charge in [-0.15, -0.1) is 0 Å². The molecule has 0 unspecified atom stereocenters. The van der Waals surface area contributed by atoms with Gasteiger partial charge in [-0.25, -0.2) is 4.98 Å². The number of para-hydroxylation sites is 1. The van der Waals surface area contributed by atoms with Crippen molar-refractivity contribution < 1.29 is 0 Å². The van der Waals surface area contributed by atoms with Crippen LogP contribution in [0.4, 0.5) is 11.5 Å². The van der Waals surface area contributed by atoms with E-state index in [2.05, 4.69) is 90.3 Å². The Labute approximate surface area is 206 Å². The highest BCUT2D eigenvalue weighted by molar-refractivity contribution is 5.93. The number of unbranched alkanes of at least 4 members (excludes halogenated alkanes) is 3. The van der Waals surface area contributed by atoms with Crippen LogP contribution in [0.2, 0.25) is 0 Å². The second-order valence-corrected chi connectivity index (χ2v) is 10.2. The second kappa shape index (κ2) is 12.8. The molecule has 0 atom stereocenters. The number of aromatic nitrogens is 1. The third kappa shape index (κ3) is 7.20. The highest BCUT2D eigenvalue weighted by atomic mass is 15.1. The summed E-state index contributed by atoms with van der Waals surface area (Å²) in [5, 5.41) is 8.68. The zero-order valence-corrected chi connectivity index (χ0v) is 21.1. The van der Waals surface area contributed by atoms with Gasteiger partial charge in [0.2, 0.25) is 0 Å². The minimum atomic E-state index is 0.532. The maximum absolute atomic E-state index is 4.89. The van der Waals surface area contributed by atoms with E-state index in [0.29, 0.717) is 6.04 Å². The molecule has 0 radical (unpaired) electrons. The van der Waals surface area contributed by atoms with Gasteiger partial charge in [0.05, 0.1) is 5.52 Å². The average molecular weight is 459 g/mol. The molecule has 1 aliphatic carbocycles. The fraction of sp³-hybridized carbons (Fsp3) is 0.500. The molecular weight excluding hydrogens is 416 g/mol. The highest BCUT2D eigenvalue weighted by Gasteiger charge is 2.21. The number of nitrogens with zero attached hydrogens (tertiary/aromatic N) is 2. The quantitative estimate of drug-likeness (QED) is 0.298. The maximum atomic E-state index is 4.89. The summed E-state index contributed by atoms with van der Waals surface area (Å²) in [6, 6.07) is 22.0. The number of rotatable bonds is 12. The molecule has 1 saturated carbocycles. The molecule has 0 spiro atoms. The number of hydrogen-bond donors (Lipinski definition) is 2. The van der Waals surface area contributed by atoms with Gasteiger partial charge in [-0.2, -0.15) is 0 Å². The largest absolute Gasteiger partial charge is 0.377 e. The van der Waals surface area contributed by atoms with Gasteiger partial charge in [0.1, 0.15) is 5.82 Å². The molecule has 34 heavy (non-hydrogen) atoms. The molecule has 1 fully saturated rings. The van der Waals surface area contributed by atoms with Gasteiger partial charge in [0.25, 0.3) is 0 Å². The van der Waals surface area contributed by atoms with Gasteiger partial charge in [-0.05, 0) is 75.6 Å². The smallest absolute Gasteiger partial charge is 0.128 e. The maximum Gasteiger partial charge on any atom is 0.128 e. The van der Waals surface area contributed by atoms with Gasteiger partial charge in [-0.3, -0.25) is 0 Å². The van der Waals surface area contributed by atoms with E-state index in [0.717, 1.165) is 23.8 Å². The summed E-state index contributed by atoms with van der Waals surface area (Å²) in [5.41, 5.74) is 3.76. The van der Waals surface area contributed by atoms with Gasteiger partial charge < -0.3 is 15.5 Å². The molecule has 2 N–H and O–H groups in total. The summed E-state index contributed by atoms with van der Waals surface area (Å²) in [4.78, 5) is 7.07. The first kappa shape index (κ1) is 24.5. The van der Waals surface area contributed by atoms with Crippen LogP contribution in [0.15, 0.2) is 60.7 Å². The van der Waals surface area contributed by atoms with Crippen molar-refractivity contribution in [1.82, 2.24) is 10.3 Å². The normalized spacial score (nSPS) is 18.2. The molecule has 3 aromatic rings. The lowest BCUT2D eigenvalue weighted by atomic mass is 9.86. The van der Waals surface area contributed by atoms with E-state index < -0.39 is 0 Å². The molecular formula is C30H42N4. The van der Waals surface area contributed by atoms with E-state index in [-0.39, 0.29) is 0 Å². The number of aryl methyl sites for hydroxylation is 1. The zero-order chi connectivity index (χ0) is 23.6. The van der Waals surface area contributed by atoms with Crippen molar-refractivity contribution in [3.63, 3.8) is 0 Å². The fourth-order valence-electron chi connectivity index (χ4n) is 5.20. The molecule has 0 aliphatic heterocycles. The van der Waals surface area contributed by atoms with Crippen molar-refractivity contribution in [1.29, 1.82) is 0 Å².